The van der Waals surface area contributed by atoms with Crippen molar-refractivity contribution in [2.24, 2.45) is 11.7 Å². The fourth-order valence-electron chi connectivity index (χ4n) is 4.74. The molecule has 3 N–H and O–H groups in total. The van der Waals surface area contributed by atoms with Crippen molar-refractivity contribution in [3.63, 3.8) is 0 Å². The molecule has 1 amide bonds. The van der Waals surface area contributed by atoms with Crippen LogP contribution in [0.3, 0.4) is 0 Å². The van der Waals surface area contributed by atoms with E-state index in [0.717, 1.165) is 52.0 Å². The number of nitrogens with one attached hydrogen (secondary N) is 1. The number of nitrogens with two attached hydrogens (primary N) is 1. The molecule has 3 fully saturated rings. The molecule has 142 valence electrons. The summed E-state index contributed by atoms with van der Waals surface area (Å²) in [6, 6.07) is 0.306. The molecule has 0 radical (unpaired) electrons. The van der Waals surface area contributed by atoms with Gasteiger partial charge < -0.3 is 15.8 Å². The summed E-state index contributed by atoms with van der Waals surface area (Å²) >= 11 is 0. The van der Waals surface area contributed by atoms with Crippen LogP contribution in [0.2, 0.25) is 0 Å². The number of hydrogen-bond acceptors (Lipinski definition) is 4. The normalized spacial score (nSPS) is 29.5. The first-order valence-corrected chi connectivity index (χ1v) is 9.06. The highest BCUT2D eigenvalue weighted by Gasteiger charge is 2.42. The number of hydrogen-bond donors (Lipinski definition) is 2. The van der Waals surface area contributed by atoms with E-state index in [0.29, 0.717) is 24.9 Å². The molecule has 2 saturated carbocycles. The molecule has 0 aromatic rings. The molecule has 3 rings (SSSR count). The summed E-state index contributed by atoms with van der Waals surface area (Å²) in [4.78, 5) is 15.2. The predicted molar refractivity (Wildman–Crippen MR) is 101 cm³/mol. The molecule has 2 aliphatic carbocycles. The number of ether oxygens (including phenoxy) is 1. The molecule has 0 aromatic carbocycles. The molecule has 2 atom stereocenters. The topological polar surface area (TPSA) is 67.6 Å². The minimum absolute atomic E-state index is 0. The fourth-order valence-corrected chi connectivity index (χ4v) is 4.74. The van der Waals surface area contributed by atoms with Gasteiger partial charge in [-0.2, -0.15) is 0 Å². The quantitative estimate of drug-likeness (QED) is 0.764. The Balaban J connectivity index is 0.00000144. The Bertz CT molecular complexity index is 386. The standard InChI is InChI=1S/C17H31N3O2.2ClH/c18-13-14-4-3-5-15(14)19-16(21)12-17(6-1-2-7-17)20-8-10-22-11-9-20;;/h14-15H,1-13,18H2,(H,19,21);2*1H. The van der Waals surface area contributed by atoms with Crippen LogP contribution in [0.5, 0.6) is 0 Å². The molecule has 0 bridgehead atoms. The summed E-state index contributed by atoms with van der Waals surface area (Å²) in [5.74, 6) is 0.714. The van der Waals surface area contributed by atoms with Crippen LogP contribution in [0.1, 0.15) is 51.4 Å². The van der Waals surface area contributed by atoms with Crippen molar-refractivity contribution in [3.05, 3.63) is 0 Å². The van der Waals surface area contributed by atoms with E-state index in [1.807, 2.05) is 0 Å². The number of halogens is 2. The summed E-state index contributed by atoms with van der Waals surface area (Å²) in [5, 5.41) is 3.29. The largest absolute Gasteiger partial charge is 0.379 e. The zero-order valence-corrected chi connectivity index (χ0v) is 16.1. The summed E-state index contributed by atoms with van der Waals surface area (Å²) in [5.41, 5.74) is 5.92. The van der Waals surface area contributed by atoms with Crippen LogP contribution in [0.15, 0.2) is 0 Å². The van der Waals surface area contributed by atoms with Crippen LogP contribution in [0.4, 0.5) is 0 Å². The van der Waals surface area contributed by atoms with Gasteiger partial charge in [0.25, 0.3) is 0 Å². The van der Waals surface area contributed by atoms with Crippen LogP contribution in [0.25, 0.3) is 0 Å². The van der Waals surface area contributed by atoms with Gasteiger partial charge in [-0.3, -0.25) is 9.69 Å². The Labute approximate surface area is 158 Å². The van der Waals surface area contributed by atoms with E-state index in [2.05, 4.69) is 10.2 Å². The van der Waals surface area contributed by atoms with Crippen molar-refractivity contribution < 1.29 is 9.53 Å². The van der Waals surface area contributed by atoms with E-state index < -0.39 is 0 Å². The number of carbonyl (C=O) groups excluding carboxylic acids is 1. The Hall–Kier alpha value is -0.0700. The van der Waals surface area contributed by atoms with Crippen LogP contribution < -0.4 is 11.1 Å². The van der Waals surface area contributed by atoms with Gasteiger partial charge in [-0.1, -0.05) is 19.3 Å². The minimum atomic E-state index is 0. The van der Waals surface area contributed by atoms with E-state index in [9.17, 15) is 4.79 Å². The third-order valence-electron chi connectivity index (χ3n) is 6.01. The summed E-state index contributed by atoms with van der Waals surface area (Å²) < 4.78 is 5.49. The SMILES string of the molecule is Cl.Cl.NCC1CCCC1NC(=O)CC1(N2CCOCC2)CCCC1. The molecule has 0 spiro atoms. The van der Waals surface area contributed by atoms with Crippen molar-refractivity contribution in [1.29, 1.82) is 0 Å². The third kappa shape index (κ3) is 4.98. The average molecular weight is 382 g/mol. The molecule has 5 nitrogen and oxygen atoms in total. The zero-order valence-electron chi connectivity index (χ0n) is 14.5. The first-order chi connectivity index (χ1) is 10.7. The molecule has 3 aliphatic rings. The Morgan fingerprint density at radius 2 is 1.79 bits per heavy atom. The molecular formula is C17H33Cl2N3O2. The smallest absolute Gasteiger partial charge is 0.222 e. The lowest BCUT2D eigenvalue weighted by atomic mass is 9.89. The van der Waals surface area contributed by atoms with Gasteiger partial charge in [-0.25, -0.2) is 0 Å². The minimum Gasteiger partial charge on any atom is -0.379 e. The van der Waals surface area contributed by atoms with Gasteiger partial charge >= 0.3 is 0 Å². The molecule has 1 aliphatic heterocycles. The number of nitrogens with zero attached hydrogens (tertiary/aromatic N) is 1. The van der Waals surface area contributed by atoms with Gasteiger partial charge in [0.1, 0.15) is 0 Å². The first-order valence-electron chi connectivity index (χ1n) is 9.06. The van der Waals surface area contributed by atoms with E-state index in [1.54, 1.807) is 0 Å². The van der Waals surface area contributed by atoms with E-state index in [4.69, 9.17) is 10.5 Å². The number of morpholine rings is 1. The second-order valence-corrected chi connectivity index (χ2v) is 7.31. The zero-order chi connectivity index (χ0) is 15.4. The van der Waals surface area contributed by atoms with Gasteiger partial charge in [-0.15, -0.1) is 24.8 Å². The number of rotatable bonds is 5. The molecule has 7 heteroatoms. The summed E-state index contributed by atoms with van der Waals surface area (Å²) in [6.07, 6.45) is 8.92. The van der Waals surface area contributed by atoms with Gasteiger partial charge in [0, 0.05) is 31.1 Å². The highest BCUT2D eigenvalue weighted by Crippen LogP contribution is 2.38. The van der Waals surface area contributed by atoms with E-state index in [-0.39, 0.29) is 36.3 Å². The summed E-state index contributed by atoms with van der Waals surface area (Å²) in [6.45, 7) is 4.26. The van der Waals surface area contributed by atoms with Crippen molar-refractivity contribution in [2.75, 3.05) is 32.8 Å². The highest BCUT2D eigenvalue weighted by atomic mass is 35.5. The monoisotopic (exact) mass is 381 g/mol. The third-order valence-corrected chi connectivity index (χ3v) is 6.01. The van der Waals surface area contributed by atoms with Gasteiger partial charge in [0.15, 0.2) is 0 Å². The summed E-state index contributed by atoms with van der Waals surface area (Å²) in [7, 11) is 0. The Morgan fingerprint density at radius 3 is 2.42 bits per heavy atom. The van der Waals surface area contributed by atoms with Gasteiger partial charge in [-0.05, 0) is 38.1 Å². The van der Waals surface area contributed by atoms with Crippen LogP contribution in [-0.4, -0.2) is 55.2 Å². The molecule has 24 heavy (non-hydrogen) atoms. The second kappa shape index (κ2) is 10.2. The van der Waals surface area contributed by atoms with Crippen molar-refractivity contribution in [3.8, 4) is 0 Å². The Morgan fingerprint density at radius 1 is 1.12 bits per heavy atom. The maximum atomic E-state index is 12.7. The lowest BCUT2D eigenvalue weighted by Gasteiger charge is -2.43. The maximum absolute atomic E-state index is 12.7. The van der Waals surface area contributed by atoms with Crippen LogP contribution in [-0.2, 0) is 9.53 Å². The molecule has 1 saturated heterocycles. The van der Waals surface area contributed by atoms with Crippen LogP contribution in [0, 0.1) is 5.92 Å². The van der Waals surface area contributed by atoms with Crippen molar-refractivity contribution in [1.82, 2.24) is 10.2 Å². The molecule has 1 heterocycles. The Kier molecular flexibility index (Phi) is 9.31. The lowest BCUT2D eigenvalue weighted by molar-refractivity contribution is -0.126. The second-order valence-electron chi connectivity index (χ2n) is 7.31. The van der Waals surface area contributed by atoms with Gasteiger partial charge in [0.05, 0.1) is 13.2 Å². The van der Waals surface area contributed by atoms with E-state index >= 15 is 0 Å². The molecular weight excluding hydrogens is 349 g/mol. The highest BCUT2D eigenvalue weighted by molar-refractivity contribution is 5.85. The number of carbonyl (C=O) groups is 1. The predicted octanol–water partition coefficient (Wildman–Crippen LogP) is 2.11. The average Bonchev–Trinajstić information content (AvgIpc) is 3.18. The van der Waals surface area contributed by atoms with E-state index in [1.165, 1.54) is 19.3 Å². The molecule has 2 unspecified atom stereocenters. The number of amides is 1. The van der Waals surface area contributed by atoms with Gasteiger partial charge in [0.2, 0.25) is 5.91 Å². The van der Waals surface area contributed by atoms with Crippen LogP contribution >= 0.6 is 24.8 Å². The first kappa shape index (κ1) is 22.0. The lowest BCUT2D eigenvalue weighted by Crippen LogP contribution is -2.54. The fraction of sp³-hybridized carbons (Fsp3) is 0.941. The maximum Gasteiger partial charge on any atom is 0.222 e. The molecule has 0 aromatic heterocycles. The van der Waals surface area contributed by atoms with Crippen molar-refractivity contribution >= 4 is 30.7 Å². The van der Waals surface area contributed by atoms with Crippen molar-refractivity contribution in [2.45, 2.75) is 62.9 Å².